The van der Waals surface area contributed by atoms with Crippen molar-refractivity contribution in [3.63, 3.8) is 0 Å². The van der Waals surface area contributed by atoms with Gasteiger partial charge in [0.15, 0.2) is 0 Å². The monoisotopic (exact) mass is 265 g/mol. The first-order valence-electron chi connectivity index (χ1n) is 7.28. The van der Waals surface area contributed by atoms with Crippen molar-refractivity contribution in [1.29, 1.82) is 0 Å². The van der Waals surface area contributed by atoms with Gasteiger partial charge in [-0.1, -0.05) is 13.3 Å². The maximum atomic E-state index is 12.2. The van der Waals surface area contributed by atoms with Crippen LogP contribution in [-0.4, -0.2) is 33.7 Å². The summed E-state index contributed by atoms with van der Waals surface area (Å²) in [5.74, 6) is 0.263. The molecule has 0 aromatic carbocycles. The van der Waals surface area contributed by atoms with E-state index in [0.29, 0.717) is 6.42 Å². The molecule has 4 nitrogen and oxygen atoms in total. The van der Waals surface area contributed by atoms with Crippen LogP contribution < -0.4 is 0 Å². The lowest BCUT2D eigenvalue weighted by Gasteiger charge is -2.20. The molecule has 0 aliphatic rings. The summed E-state index contributed by atoms with van der Waals surface area (Å²) in [5.41, 5.74) is 3.44. The van der Waals surface area contributed by atoms with E-state index in [1.807, 2.05) is 30.5 Å². The molecule has 0 aliphatic carbocycles. The van der Waals surface area contributed by atoms with Gasteiger partial charge in [-0.2, -0.15) is 5.10 Å². The molecule has 19 heavy (non-hydrogen) atoms. The van der Waals surface area contributed by atoms with E-state index in [0.717, 1.165) is 38.0 Å². The van der Waals surface area contributed by atoms with Gasteiger partial charge in [-0.15, -0.1) is 0 Å². The SMILES string of the molecule is CCCCN(CC)C(=O)CCc1c(C)nn(C)c1C. The lowest BCUT2D eigenvalue weighted by atomic mass is 10.1. The van der Waals surface area contributed by atoms with Crippen LogP contribution in [0.25, 0.3) is 0 Å². The summed E-state index contributed by atoms with van der Waals surface area (Å²) in [4.78, 5) is 14.1. The molecule has 1 aromatic rings. The zero-order valence-corrected chi connectivity index (χ0v) is 13.0. The Labute approximate surface area is 116 Å². The summed E-state index contributed by atoms with van der Waals surface area (Å²) in [6, 6.07) is 0. The molecule has 1 amide bonds. The quantitative estimate of drug-likeness (QED) is 0.760. The van der Waals surface area contributed by atoms with Crippen LogP contribution in [0.5, 0.6) is 0 Å². The molecule has 0 atom stereocenters. The first-order valence-corrected chi connectivity index (χ1v) is 7.28. The van der Waals surface area contributed by atoms with Crippen molar-refractivity contribution in [1.82, 2.24) is 14.7 Å². The Kier molecular flexibility index (Phi) is 6.06. The number of hydrogen-bond donors (Lipinski definition) is 0. The molecular weight excluding hydrogens is 238 g/mol. The van der Waals surface area contributed by atoms with Crippen molar-refractivity contribution in [3.8, 4) is 0 Å². The number of carbonyl (C=O) groups excluding carboxylic acids is 1. The number of nitrogens with zero attached hydrogens (tertiary/aromatic N) is 3. The molecule has 0 fully saturated rings. The molecule has 0 saturated carbocycles. The fraction of sp³-hybridized carbons (Fsp3) is 0.733. The summed E-state index contributed by atoms with van der Waals surface area (Å²) in [6.45, 7) is 9.98. The third-order valence-electron chi connectivity index (χ3n) is 3.76. The van der Waals surface area contributed by atoms with Crippen molar-refractivity contribution < 1.29 is 4.79 Å². The summed E-state index contributed by atoms with van der Waals surface area (Å²) in [7, 11) is 1.95. The van der Waals surface area contributed by atoms with Crippen LogP contribution in [-0.2, 0) is 18.3 Å². The van der Waals surface area contributed by atoms with Crippen molar-refractivity contribution >= 4 is 5.91 Å². The van der Waals surface area contributed by atoms with E-state index in [2.05, 4.69) is 18.9 Å². The Bertz CT molecular complexity index is 423. The molecule has 0 N–H and O–H groups in total. The number of rotatable bonds is 7. The first kappa shape index (κ1) is 15.7. The second-order valence-electron chi connectivity index (χ2n) is 5.10. The second-order valence-corrected chi connectivity index (χ2v) is 5.10. The molecule has 1 aromatic heterocycles. The van der Waals surface area contributed by atoms with Crippen LogP contribution in [0.4, 0.5) is 0 Å². The van der Waals surface area contributed by atoms with Gasteiger partial charge >= 0.3 is 0 Å². The number of amides is 1. The largest absolute Gasteiger partial charge is 0.343 e. The molecular formula is C15H27N3O. The molecule has 108 valence electrons. The fourth-order valence-corrected chi connectivity index (χ4v) is 2.38. The Morgan fingerprint density at radius 2 is 2.00 bits per heavy atom. The highest BCUT2D eigenvalue weighted by atomic mass is 16.2. The Morgan fingerprint density at radius 3 is 2.47 bits per heavy atom. The van der Waals surface area contributed by atoms with E-state index < -0.39 is 0 Å². The number of carbonyl (C=O) groups is 1. The van der Waals surface area contributed by atoms with E-state index in [1.54, 1.807) is 0 Å². The van der Waals surface area contributed by atoms with Crippen LogP contribution in [0.15, 0.2) is 0 Å². The first-order chi connectivity index (χ1) is 9.01. The van der Waals surface area contributed by atoms with Crippen molar-refractivity contribution in [2.75, 3.05) is 13.1 Å². The lowest BCUT2D eigenvalue weighted by Crippen LogP contribution is -2.31. The molecule has 0 unspecified atom stereocenters. The fourth-order valence-electron chi connectivity index (χ4n) is 2.38. The number of unbranched alkanes of at least 4 members (excludes halogenated alkanes) is 1. The molecule has 0 saturated heterocycles. The summed E-state index contributed by atoms with van der Waals surface area (Å²) < 4.78 is 1.89. The van der Waals surface area contributed by atoms with Gasteiger partial charge in [0.1, 0.15) is 0 Å². The van der Waals surface area contributed by atoms with Gasteiger partial charge in [0, 0.05) is 32.3 Å². The zero-order valence-electron chi connectivity index (χ0n) is 13.0. The Morgan fingerprint density at radius 1 is 1.32 bits per heavy atom. The minimum Gasteiger partial charge on any atom is -0.343 e. The molecule has 1 heterocycles. The van der Waals surface area contributed by atoms with Crippen LogP contribution in [0, 0.1) is 13.8 Å². The Balaban J connectivity index is 2.57. The molecule has 0 radical (unpaired) electrons. The van der Waals surface area contributed by atoms with Gasteiger partial charge in [0.2, 0.25) is 5.91 Å². The maximum absolute atomic E-state index is 12.2. The minimum atomic E-state index is 0.263. The van der Waals surface area contributed by atoms with Crippen LogP contribution in [0.2, 0.25) is 0 Å². The smallest absolute Gasteiger partial charge is 0.222 e. The number of aryl methyl sites for hydroxylation is 2. The third kappa shape index (κ3) is 4.08. The van der Waals surface area contributed by atoms with Gasteiger partial charge in [-0.05, 0) is 39.2 Å². The predicted octanol–water partition coefficient (Wildman–Crippen LogP) is 2.62. The molecule has 1 rings (SSSR count). The van der Waals surface area contributed by atoms with Crippen molar-refractivity contribution in [2.24, 2.45) is 7.05 Å². The Hall–Kier alpha value is -1.32. The van der Waals surface area contributed by atoms with Gasteiger partial charge in [0.05, 0.1) is 5.69 Å². The van der Waals surface area contributed by atoms with E-state index in [9.17, 15) is 4.79 Å². The van der Waals surface area contributed by atoms with Gasteiger partial charge in [-0.25, -0.2) is 0 Å². The van der Waals surface area contributed by atoms with Crippen LogP contribution in [0.1, 0.15) is 50.1 Å². The molecule has 0 aliphatic heterocycles. The normalized spacial score (nSPS) is 10.8. The summed E-state index contributed by atoms with van der Waals surface area (Å²) in [5, 5.41) is 4.39. The number of aromatic nitrogens is 2. The van der Waals surface area contributed by atoms with E-state index in [-0.39, 0.29) is 5.91 Å². The number of hydrogen-bond acceptors (Lipinski definition) is 2. The summed E-state index contributed by atoms with van der Waals surface area (Å²) in [6.07, 6.45) is 3.60. The van der Waals surface area contributed by atoms with Gasteiger partial charge in [0.25, 0.3) is 0 Å². The average molecular weight is 265 g/mol. The standard InChI is InChI=1S/C15H27N3O/c1-6-8-11-18(7-2)15(19)10-9-14-12(3)16-17(5)13(14)4/h6-11H2,1-5H3. The maximum Gasteiger partial charge on any atom is 0.222 e. The topological polar surface area (TPSA) is 38.1 Å². The average Bonchev–Trinajstić information content (AvgIpc) is 2.62. The predicted molar refractivity (Wildman–Crippen MR) is 78.2 cm³/mol. The van der Waals surface area contributed by atoms with E-state index in [4.69, 9.17) is 0 Å². The van der Waals surface area contributed by atoms with Crippen LogP contribution >= 0.6 is 0 Å². The molecule has 0 bridgehead atoms. The molecule has 4 heteroatoms. The van der Waals surface area contributed by atoms with Gasteiger partial charge in [-0.3, -0.25) is 9.48 Å². The minimum absolute atomic E-state index is 0.263. The van der Waals surface area contributed by atoms with Gasteiger partial charge < -0.3 is 4.90 Å². The van der Waals surface area contributed by atoms with E-state index in [1.165, 1.54) is 11.3 Å². The van der Waals surface area contributed by atoms with E-state index >= 15 is 0 Å². The third-order valence-corrected chi connectivity index (χ3v) is 3.76. The summed E-state index contributed by atoms with van der Waals surface area (Å²) >= 11 is 0. The lowest BCUT2D eigenvalue weighted by molar-refractivity contribution is -0.131. The highest BCUT2D eigenvalue weighted by Gasteiger charge is 2.14. The van der Waals surface area contributed by atoms with Crippen LogP contribution in [0.3, 0.4) is 0 Å². The zero-order chi connectivity index (χ0) is 14.4. The van der Waals surface area contributed by atoms with Crippen molar-refractivity contribution in [3.05, 3.63) is 17.0 Å². The highest BCUT2D eigenvalue weighted by molar-refractivity contribution is 5.76. The van der Waals surface area contributed by atoms with Crippen molar-refractivity contribution in [2.45, 2.75) is 53.4 Å². The highest BCUT2D eigenvalue weighted by Crippen LogP contribution is 2.14. The molecule has 0 spiro atoms. The second kappa shape index (κ2) is 7.31.